The topological polar surface area (TPSA) is 49.8 Å². The molecule has 20 heavy (non-hydrogen) atoms. The Balaban J connectivity index is 1.98. The SMILES string of the molecule is Cc1cccc2c1OCCCC2N1CCCC1C(=O)O. The van der Waals surface area contributed by atoms with E-state index in [9.17, 15) is 9.90 Å². The van der Waals surface area contributed by atoms with Crippen LogP contribution >= 0.6 is 0 Å². The lowest BCUT2D eigenvalue weighted by atomic mass is 9.97. The Kier molecular flexibility index (Phi) is 3.66. The molecular formula is C16H21NO3. The number of carboxylic acid groups (broad SMARTS) is 1. The van der Waals surface area contributed by atoms with Crippen LogP contribution in [0, 0.1) is 6.92 Å². The van der Waals surface area contributed by atoms with Crippen molar-refractivity contribution in [3.8, 4) is 5.75 Å². The monoisotopic (exact) mass is 275 g/mol. The van der Waals surface area contributed by atoms with Gasteiger partial charge in [-0.15, -0.1) is 0 Å². The maximum atomic E-state index is 11.4. The number of rotatable bonds is 2. The molecule has 2 atom stereocenters. The Morgan fingerprint density at radius 1 is 1.35 bits per heavy atom. The van der Waals surface area contributed by atoms with E-state index < -0.39 is 5.97 Å². The van der Waals surface area contributed by atoms with Crippen molar-refractivity contribution in [3.63, 3.8) is 0 Å². The van der Waals surface area contributed by atoms with Crippen LogP contribution in [0.2, 0.25) is 0 Å². The van der Waals surface area contributed by atoms with E-state index in [4.69, 9.17) is 4.74 Å². The largest absolute Gasteiger partial charge is 0.493 e. The third kappa shape index (κ3) is 2.29. The average Bonchev–Trinajstić information content (AvgIpc) is 2.80. The van der Waals surface area contributed by atoms with Gasteiger partial charge in [-0.1, -0.05) is 18.2 Å². The molecule has 2 unspecified atom stereocenters. The molecule has 4 heteroatoms. The summed E-state index contributed by atoms with van der Waals surface area (Å²) in [5.74, 6) is 0.271. The molecule has 1 fully saturated rings. The van der Waals surface area contributed by atoms with Gasteiger partial charge >= 0.3 is 5.97 Å². The van der Waals surface area contributed by atoms with Crippen molar-refractivity contribution in [1.29, 1.82) is 0 Å². The van der Waals surface area contributed by atoms with Gasteiger partial charge in [-0.25, -0.2) is 0 Å². The number of ether oxygens (including phenoxy) is 1. The van der Waals surface area contributed by atoms with Crippen LogP contribution in [0.25, 0.3) is 0 Å². The highest BCUT2D eigenvalue weighted by Gasteiger charge is 2.37. The number of para-hydroxylation sites is 1. The Labute approximate surface area is 119 Å². The fourth-order valence-electron chi connectivity index (χ4n) is 3.51. The normalized spacial score (nSPS) is 26.6. The molecule has 2 aliphatic rings. The van der Waals surface area contributed by atoms with E-state index in [2.05, 4.69) is 24.0 Å². The van der Waals surface area contributed by atoms with E-state index in [1.165, 1.54) is 0 Å². The van der Waals surface area contributed by atoms with Gasteiger partial charge in [0.1, 0.15) is 11.8 Å². The average molecular weight is 275 g/mol. The van der Waals surface area contributed by atoms with Crippen LogP contribution in [0.15, 0.2) is 18.2 Å². The lowest BCUT2D eigenvalue weighted by Gasteiger charge is -2.31. The molecule has 0 aliphatic carbocycles. The number of nitrogens with zero attached hydrogens (tertiary/aromatic N) is 1. The highest BCUT2D eigenvalue weighted by molar-refractivity contribution is 5.74. The van der Waals surface area contributed by atoms with E-state index in [1.807, 2.05) is 6.07 Å². The first-order valence-electron chi connectivity index (χ1n) is 7.39. The number of carboxylic acids is 1. The number of aliphatic carboxylic acids is 1. The van der Waals surface area contributed by atoms with Gasteiger partial charge in [0.05, 0.1) is 6.61 Å². The summed E-state index contributed by atoms with van der Waals surface area (Å²) < 4.78 is 5.89. The van der Waals surface area contributed by atoms with Crippen molar-refractivity contribution < 1.29 is 14.6 Å². The summed E-state index contributed by atoms with van der Waals surface area (Å²) in [7, 11) is 0. The van der Waals surface area contributed by atoms with Gasteiger partial charge in [-0.2, -0.15) is 0 Å². The van der Waals surface area contributed by atoms with Gasteiger partial charge < -0.3 is 9.84 Å². The highest BCUT2D eigenvalue weighted by atomic mass is 16.5. The minimum Gasteiger partial charge on any atom is -0.493 e. The second-order valence-corrected chi connectivity index (χ2v) is 5.73. The van der Waals surface area contributed by atoms with Crippen molar-refractivity contribution in [2.24, 2.45) is 0 Å². The predicted octanol–water partition coefficient (Wildman–Crippen LogP) is 2.76. The summed E-state index contributed by atoms with van der Waals surface area (Å²) in [5.41, 5.74) is 2.30. The molecule has 0 spiro atoms. The van der Waals surface area contributed by atoms with E-state index in [0.29, 0.717) is 0 Å². The van der Waals surface area contributed by atoms with Crippen LogP contribution in [-0.2, 0) is 4.79 Å². The second-order valence-electron chi connectivity index (χ2n) is 5.73. The minimum atomic E-state index is -0.693. The molecule has 1 aromatic rings. The molecule has 1 saturated heterocycles. The zero-order valence-corrected chi connectivity index (χ0v) is 11.8. The molecule has 1 N–H and O–H groups in total. The van der Waals surface area contributed by atoms with E-state index in [1.54, 1.807) is 0 Å². The lowest BCUT2D eigenvalue weighted by molar-refractivity contribution is -0.143. The Hall–Kier alpha value is -1.55. The molecule has 0 bridgehead atoms. The highest BCUT2D eigenvalue weighted by Crippen LogP contribution is 2.40. The summed E-state index contributed by atoms with van der Waals surface area (Å²) in [6.45, 7) is 3.65. The first kappa shape index (κ1) is 13.4. The second kappa shape index (κ2) is 5.44. The van der Waals surface area contributed by atoms with Crippen LogP contribution in [0.1, 0.15) is 42.9 Å². The first-order valence-corrected chi connectivity index (χ1v) is 7.39. The smallest absolute Gasteiger partial charge is 0.320 e. The van der Waals surface area contributed by atoms with Crippen LogP contribution < -0.4 is 4.74 Å². The Bertz CT molecular complexity index is 514. The van der Waals surface area contributed by atoms with Gasteiger partial charge in [0.15, 0.2) is 0 Å². The summed E-state index contributed by atoms with van der Waals surface area (Å²) in [6.07, 6.45) is 3.67. The molecule has 0 amide bonds. The standard InChI is InChI=1S/C16H21NO3/c1-11-5-2-6-12-13(8-4-10-20-15(11)12)17-9-3-7-14(17)16(18)19/h2,5-6,13-14H,3-4,7-10H2,1H3,(H,18,19). The predicted molar refractivity (Wildman–Crippen MR) is 76.0 cm³/mol. The molecule has 2 aliphatic heterocycles. The van der Waals surface area contributed by atoms with Crippen molar-refractivity contribution in [3.05, 3.63) is 29.3 Å². The van der Waals surface area contributed by atoms with Crippen LogP contribution in [0.5, 0.6) is 5.75 Å². The van der Waals surface area contributed by atoms with Crippen LogP contribution in [0.4, 0.5) is 0 Å². The number of hydrogen-bond acceptors (Lipinski definition) is 3. The molecule has 4 nitrogen and oxygen atoms in total. The van der Waals surface area contributed by atoms with Crippen molar-refractivity contribution >= 4 is 5.97 Å². The maximum absolute atomic E-state index is 11.4. The van der Waals surface area contributed by atoms with Crippen molar-refractivity contribution in [2.45, 2.75) is 44.7 Å². The van der Waals surface area contributed by atoms with Gasteiger partial charge in [0, 0.05) is 11.6 Å². The van der Waals surface area contributed by atoms with Gasteiger partial charge in [-0.05, 0) is 44.7 Å². The molecular weight excluding hydrogens is 254 g/mol. The van der Waals surface area contributed by atoms with Crippen molar-refractivity contribution in [1.82, 2.24) is 4.90 Å². The number of hydrogen-bond donors (Lipinski definition) is 1. The summed E-state index contributed by atoms with van der Waals surface area (Å²) in [4.78, 5) is 13.6. The summed E-state index contributed by atoms with van der Waals surface area (Å²) >= 11 is 0. The molecule has 2 heterocycles. The first-order chi connectivity index (χ1) is 9.68. The quantitative estimate of drug-likeness (QED) is 0.901. The number of carbonyl (C=O) groups is 1. The molecule has 3 rings (SSSR count). The summed E-state index contributed by atoms with van der Waals surface area (Å²) in [5, 5.41) is 9.41. The zero-order valence-electron chi connectivity index (χ0n) is 11.8. The van der Waals surface area contributed by atoms with Gasteiger partial charge in [0.25, 0.3) is 0 Å². The third-order valence-electron chi connectivity index (χ3n) is 4.45. The van der Waals surface area contributed by atoms with Crippen LogP contribution in [0.3, 0.4) is 0 Å². The number of likely N-dealkylation sites (tertiary alicyclic amines) is 1. The fraction of sp³-hybridized carbons (Fsp3) is 0.562. The molecule has 0 aromatic heterocycles. The summed E-state index contributed by atoms with van der Waals surface area (Å²) in [6, 6.07) is 6.03. The molecule has 0 radical (unpaired) electrons. The van der Waals surface area contributed by atoms with Gasteiger partial charge in [0.2, 0.25) is 0 Å². The number of aryl methyl sites for hydroxylation is 1. The molecule has 108 valence electrons. The molecule has 0 saturated carbocycles. The van der Waals surface area contributed by atoms with E-state index in [0.717, 1.165) is 55.7 Å². The number of benzene rings is 1. The zero-order chi connectivity index (χ0) is 14.1. The Morgan fingerprint density at radius 2 is 2.20 bits per heavy atom. The minimum absolute atomic E-state index is 0.177. The van der Waals surface area contributed by atoms with Crippen LogP contribution in [-0.4, -0.2) is 35.2 Å². The maximum Gasteiger partial charge on any atom is 0.320 e. The molecule has 1 aromatic carbocycles. The lowest BCUT2D eigenvalue weighted by Crippen LogP contribution is -2.38. The fourth-order valence-corrected chi connectivity index (χ4v) is 3.51. The van der Waals surface area contributed by atoms with E-state index >= 15 is 0 Å². The third-order valence-corrected chi connectivity index (χ3v) is 4.45. The Morgan fingerprint density at radius 3 is 3.00 bits per heavy atom. The van der Waals surface area contributed by atoms with Gasteiger partial charge in [-0.3, -0.25) is 9.69 Å². The number of fused-ring (bicyclic) bond motifs is 1. The van der Waals surface area contributed by atoms with E-state index in [-0.39, 0.29) is 12.1 Å². The van der Waals surface area contributed by atoms with Crippen molar-refractivity contribution in [2.75, 3.05) is 13.2 Å².